The highest BCUT2D eigenvalue weighted by molar-refractivity contribution is 14.1. The van der Waals surface area contributed by atoms with Gasteiger partial charge in [0.15, 0.2) is 0 Å². The number of esters is 1. The first kappa shape index (κ1) is 10.3. The first-order valence-electron chi connectivity index (χ1n) is 3.65. The second-order valence-electron chi connectivity index (χ2n) is 2.39. The molecule has 0 unspecified atom stereocenters. The predicted molar refractivity (Wildman–Crippen MR) is 57.0 cm³/mol. The van der Waals surface area contributed by atoms with Crippen LogP contribution < -0.4 is 9.47 Å². The van der Waals surface area contributed by atoms with Gasteiger partial charge >= 0.3 is 5.97 Å². The van der Waals surface area contributed by atoms with Crippen molar-refractivity contribution in [1.82, 2.24) is 0 Å². The molecule has 3 nitrogen and oxygen atoms in total. The maximum atomic E-state index is 10.6. The summed E-state index contributed by atoms with van der Waals surface area (Å²) in [5.74, 6) is 0.996. The average Bonchev–Trinajstić information content (AvgIpc) is 2.03. The molecule has 0 aliphatic carbocycles. The van der Waals surface area contributed by atoms with Crippen LogP contribution in [0, 0.1) is 3.57 Å². The van der Waals surface area contributed by atoms with E-state index in [9.17, 15) is 4.79 Å². The third-order valence-corrected chi connectivity index (χ3v) is 2.23. The number of rotatable bonds is 2. The standard InChI is InChI=1S/C9H9IO3/c1-6(11)13-7-3-4-9(12-2)8(10)5-7/h3-5H,1-2H3. The number of hydrogen-bond acceptors (Lipinski definition) is 3. The van der Waals surface area contributed by atoms with Crippen LogP contribution in [0.15, 0.2) is 18.2 Å². The van der Waals surface area contributed by atoms with E-state index in [1.54, 1.807) is 25.3 Å². The summed E-state index contributed by atoms with van der Waals surface area (Å²) in [7, 11) is 1.60. The minimum Gasteiger partial charge on any atom is -0.496 e. The lowest BCUT2D eigenvalue weighted by Gasteiger charge is -2.05. The molecule has 0 radical (unpaired) electrons. The van der Waals surface area contributed by atoms with E-state index in [2.05, 4.69) is 22.6 Å². The zero-order valence-electron chi connectivity index (χ0n) is 7.33. The van der Waals surface area contributed by atoms with Crippen LogP contribution in [0.25, 0.3) is 0 Å². The van der Waals surface area contributed by atoms with Crippen LogP contribution in [-0.2, 0) is 4.79 Å². The van der Waals surface area contributed by atoms with E-state index in [0.717, 1.165) is 9.32 Å². The van der Waals surface area contributed by atoms with Crippen LogP contribution in [0.5, 0.6) is 11.5 Å². The Balaban J connectivity index is 2.89. The molecule has 0 atom stereocenters. The van der Waals surface area contributed by atoms with Crippen LogP contribution in [0.4, 0.5) is 0 Å². The lowest BCUT2D eigenvalue weighted by Crippen LogP contribution is -2.01. The quantitative estimate of drug-likeness (QED) is 0.476. The van der Waals surface area contributed by atoms with E-state index in [0.29, 0.717) is 5.75 Å². The van der Waals surface area contributed by atoms with Crippen molar-refractivity contribution in [1.29, 1.82) is 0 Å². The van der Waals surface area contributed by atoms with E-state index >= 15 is 0 Å². The van der Waals surface area contributed by atoms with E-state index in [4.69, 9.17) is 9.47 Å². The van der Waals surface area contributed by atoms with Gasteiger partial charge in [-0.15, -0.1) is 0 Å². The molecule has 0 fully saturated rings. The van der Waals surface area contributed by atoms with Crippen LogP contribution in [0.3, 0.4) is 0 Å². The third-order valence-electron chi connectivity index (χ3n) is 1.38. The van der Waals surface area contributed by atoms with Crippen LogP contribution in [0.2, 0.25) is 0 Å². The van der Waals surface area contributed by atoms with Gasteiger partial charge in [0.1, 0.15) is 11.5 Å². The molecule has 0 bridgehead atoms. The molecule has 0 aromatic heterocycles. The van der Waals surface area contributed by atoms with Gasteiger partial charge in [-0.3, -0.25) is 4.79 Å². The molecule has 13 heavy (non-hydrogen) atoms. The molecular weight excluding hydrogens is 283 g/mol. The topological polar surface area (TPSA) is 35.5 Å². The van der Waals surface area contributed by atoms with Gasteiger partial charge in [-0.1, -0.05) is 0 Å². The Bertz CT molecular complexity index is 323. The largest absolute Gasteiger partial charge is 0.496 e. The lowest BCUT2D eigenvalue weighted by molar-refractivity contribution is -0.131. The average molecular weight is 292 g/mol. The molecule has 0 aliphatic rings. The number of carbonyl (C=O) groups is 1. The maximum Gasteiger partial charge on any atom is 0.308 e. The minimum absolute atomic E-state index is 0.319. The Morgan fingerprint density at radius 2 is 2.15 bits per heavy atom. The number of benzene rings is 1. The highest BCUT2D eigenvalue weighted by atomic mass is 127. The Kier molecular flexibility index (Phi) is 3.53. The number of hydrogen-bond donors (Lipinski definition) is 0. The summed E-state index contributed by atoms with van der Waals surface area (Å²) < 4.78 is 10.9. The highest BCUT2D eigenvalue weighted by Gasteiger charge is 2.03. The summed E-state index contributed by atoms with van der Waals surface area (Å²) in [6, 6.07) is 5.21. The molecule has 1 aromatic carbocycles. The third kappa shape index (κ3) is 2.87. The fourth-order valence-corrected chi connectivity index (χ4v) is 1.58. The number of methoxy groups -OCH3 is 1. The molecule has 4 heteroatoms. The molecule has 0 saturated carbocycles. The second-order valence-corrected chi connectivity index (χ2v) is 3.55. The molecule has 1 rings (SSSR count). The van der Waals surface area contributed by atoms with E-state index < -0.39 is 0 Å². The van der Waals surface area contributed by atoms with Crippen LogP contribution in [0.1, 0.15) is 6.92 Å². The molecule has 0 saturated heterocycles. The predicted octanol–water partition coefficient (Wildman–Crippen LogP) is 2.23. The van der Waals surface area contributed by atoms with Gasteiger partial charge in [-0.25, -0.2) is 0 Å². The summed E-state index contributed by atoms with van der Waals surface area (Å²) >= 11 is 2.12. The van der Waals surface area contributed by atoms with Crippen molar-refractivity contribution in [2.75, 3.05) is 7.11 Å². The van der Waals surface area contributed by atoms with Gasteiger partial charge in [0.2, 0.25) is 0 Å². The molecular formula is C9H9IO3. The zero-order valence-corrected chi connectivity index (χ0v) is 9.49. The number of ether oxygens (including phenoxy) is 2. The molecule has 0 aliphatic heterocycles. The Morgan fingerprint density at radius 1 is 1.46 bits per heavy atom. The van der Waals surface area contributed by atoms with Crippen molar-refractivity contribution in [3.8, 4) is 11.5 Å². The summed E-state index contributed by atoms with van der Waals surface area (Å²) in [6.07, 6.45) is 0. The van der Waals surface area contributed by atoms with Gasteiger partial charge in [0.05, 0.1) is 10.7 Å². The Hall–Kier alpha value is -0.780. The summed E-state index contributed by atoms with van der Waals surface area (Å²) in [6.45, 7) is 1.37. The second kappa shape index (κ2) is 4.45. The Labute approximate surface area is 90.2 Å². The molecule has 0 N–H and O–H groups in total. The zero-order chi connectivity index (χ0) is 9.84. The molecule has 0 spiro atoms. The van der Waals surface area contributed by atoms with Crippen molar-refractivity contribution in [2.24, 2.45) is 0 Å². The van der Waals surface area contributed by atoms with Crippen LogP contribution in [-0.4, -0.2) is 13.1 Å². The van der Waals surface area contributed by atoms with Crippen molar-refractivity contribution in [3.05, 3.63) is 21.8 Å². The number of halogens is 1. The molecule has 1 aromatic rings. The first-order chi connectivity index (χ1) is 6.13. The molecule has 0 heterocycles. The number of carbonyl (C=O) groups excluding carboxylic acids is 1. The SMILES string of the molecule is COc1ccc(OC(C)=O)cc1I. The fraction of sp³-hybridized carbons (Fsp3) is 0.222. The highest BCUT2D eigenvalue weighted by Crippen LogP contribution is 2.25. The van der Waals surface area contributed by atoms with Gasteiger partial charge in [0, 0.05) is 6.92 Å². The van der Waals surface area contributed by atoms with Crippen molar-refractivity contribution < 1.29 is 14.3 Å². The fourth-order valence-electron chi connectivity index (χ4n) is 0.877. The van der Waals surface area contributed by atoms with Crippen molar-refractivity contribution in [2.45, 2.75) is 6.92 Å². The summed E-state index contributed by atoms with van der Waals surface area (Å²) in [5, 5.41) is 0. The summed E-state index contributed by atoms with van der Waals surface area (Å²) in [4.78, 5) is 10.6. The van der Waals surface area contributed by atoms with E-state index in [1.165, 1.54) is 6.92 Å². The van der Waals surface area contributed by atoms with E-state index in [-0.39, 0.29) is 5.97 Å². The van der Waals surface area contributed by atoms with Crippen LogP contribution >= 0.6 is 22.6 Å². The minimum atomic E-state index is -0.319. The first-order valence-corrected chi connectivity index (χ1v) is 4.73. The van der Waals surface area contributed by atoms with Gasteiger partial charge in [-0.2, -0.15) is 0 Å². The summed E-state index contributed by atoms with van der Waals surface area (Å²) in [5.41, 5.74) is 0. The normalized spacial score (nSPS) is 9.46. The molecule has 70 valence electrons. The maximum absolute atomic E-state index is 10.6. The van der Waals surface area contributed by atoms with Gasteiger partial charge in [0.25, 0.3) is 0 Å². The van der Waals surface area contributed by atoms with E-state index in [1.807, 2.05) is 0 Å². The smallest absolute Gasteiger partial charge is 0.308 e. The molecule has 0 amide bonds. The van der Waals surface area contributed by atoms with Crippen molar-refractivity contribution in [3.63, 3.8) is 0 Å². The van der Waals surface area contributed by atoms with Crippen molar-refractivity contribution >= 4 is 28.6 Å². The lowest BCUT2D eigenvalue weighted by atomic mass is 10.3. The monoisotopic (exact) mass is 292 g/mol. The van der Waals surface area contributed by atoms with Gasteiger partial charge in [-0.05, 0) is 40.8 Å². The van der Waals surface area contributed by atoms with Gasteiger partial charge < -0.3 is 9.47 Å². The Morgan fingerprint density at radius 3 is 2.62 bits per heavy atom.